The summed E-state index contributed by atoms with van der Waals surface area (Å²) in [5.41, 5.74) is 2.18. The highest BCUT2D eigenvalue weighted by Gasteiger charge is 2.14. The number of para-hydroxylation sites is 1. The summed E-state index contributed by atoms with van der Waals surface area (Å²) in [6, 6.07) is 21.3. The molecule has 2 N–H and O–H groups in total. The quantitative estimate of drug-likeness (QED) is 0.423. The Labute approximate surface area is 187 Å². The van der Waals surface area contributed by atoms with E-state index in [1.807, 2.05) is 18.2 Å². The fourth-order valence-electron chi connectivity index (χ4n) is 2.96. The molecule has 3 rings (SSSR count). The van der Waals surface area contributed by atoms with E-state index in [-0.39, 0.29) is 11.8 Å². The Morgan fingerprint density at radius 3 is 2.52 bits per heavy atom. The average Bonchev–Trinajstić information content (AvgIpc) is 2.79. The summed E-state index contributed by atoms with van der Waals surface area (Å²) in [6.45, 7) is 2.96. The van der Waals surface area contributed by atoms with E-state index in [2.05, 4.69) is 17.6 Å². The number of carbonyl (C=O) groups excluding carboxylic acids is 2. The monoisotopic (exact) mass is 436 g/mol. The van der Waals surface area contributed by atoms with Gasteiger partial charge < -0.3 is 15.4 Å². The standard InChI is InChI=1S/C25H25ClN2O3/c1-2-3-15-27-25(30)21-12-5-7-14-23(21)28-24(29)18-10-8-11-20(16-18)31-17-19-9-4-6-13-22(19)26/h4-14,16H,2-3,15,17H2,1H3,(H,27,30)(H,28,29). The van der Waals surface area contributed by atoms with E-state index < -0.39 is 0 Å². The summed E-state index contributed by atoms with van der Waals surface area (Å²) in [6.07, 6.45) is 1.90. The minimum Gasteiger partial charge on any atom is -0.489 e. The van der Waals surface area contributed by atoms with Gasteiger partial charge in [0.05, 0.1) is 11.3 Å². The van der Waals surface area contributed by atoms with Crippen LogP contribution in [0.2, 0.25) is 5.02 Å². The Bertz CT molecular complexity index is 1050. The van der Waals surface area contributed by atoms with E-state index in [9.17, 15) is 9.59 Å². The van der Waals surface area contributed by atoms with Crippen LogP contribution >= 0.6 is 11.6 Å². The van der Waals surface area contributed by atoms with Gasteiger partial charge in [0, 0.05) is 22.7 Å². The topological polar surface area (TPSA) is 67.4 Å². The number of benzene rings is 3. The van der Waals surface area contributed by atoms with Gasteiger partial charge >= 0.3 is 0 Å². The molecular weight excluding hydrogens is 412 g/mol. The Balaban J connectivity index is 1.68. The summed E-state index contributed by atoms with van der Waals surface area (Å²) < 4.78 is 5.80. The van der Waals surface area contributed by atoms with Gasteiger partial charge in [0.2, 0.25) is 0 Å². The first-order chi connectivity index (χ1) is 15.1. The third-order valence-electron chi connectivity index (χ3n) is 4.68. The molecule has 0 radical (unpaired) electrons. The molecular formula is C25H25ClN2O3. The van der Waals surface area contributed by atoms with E-state index in [0.717, 1.165) is 18.4 Å². The van der Waals surface area contributed by atoms with Crippen molar-refractivity contribution in [3.05, 3.63) is 94.5 Å². The maximum atomic E-state index is 12.8. The summed E-state index contributed by atoms with van der Waals surface area (Å²) in [7, 11) is 0. The first-order valence-electron chi connectivity index (χ1n) is 10.2. The van der Waals surface area contributed by atoms with Gasteiger partial charge in [0.25, 0.3) is 11.8 Å². The molecule has 0 saturated heterocycles. The molecule has 0 spiro atoms. The average molecular weight is 437 g/mol. The number of amides is 2. The molecule has 0 fully saturated rings. The smallest absolute Gasteiger partial charge is 0.255 e. The van der Waals surface area contributed by atoms with Gasteiger partial charge in [-0.1, -0.05) is 61.3 Å². The third-order valence-corrected chi connectivity index (χ3v) is 5.05. The van der Waals surface area contributed by atoms with Crippen molar-refractivity contribution in [2.45, 2.75) is 26.4 Å². The van der Waals surface area contributed by atoms with Crippen LogP contribution in [0.3, 0.4) is 0 Å². The van der Waals surface area contributed by atoms with Gasteiger partial charge in [-0.05, 0) is 42.8 Å². The Hall–Kier alpha value is -3.31. The van der Waals surface area contributed by atoms with Crippen LogP contribution in [0, 0.1) is 0 Å². The molecule has 0 bridgehead atoms. The lowest BCUT2D eigenvalue weighted by atomic mass is 10.1. The Kier molecular flexibility index (Phi) is 8.07. The van der Waals surface area contributed by atoms with Crippen LogP contribution in [0.25, 0.3) is 0 Å². The van der Waals surface area contributed by atoms with E-state index >= 15 is 0 Å². The molecule has 6 heteroatoms. The Morgan fingerprint density at radius 1 is 0.935 bits per heavy atom. The molecule has 0 atom stereocenters. The molecule has 2 amide bonds. The molecule has 3 aromatic carbocycles. The number of rotatable bonds is 9. The molecule has 5 nitrogen and oxygen atoms in total. The second-order valence-electron chi connectivity index (χ2n) is 7.02. The number of halogens is 1. The zero-order valence-corrected chi connectivity index (χ0v) is 18.1. The first-order valence-corrected chi connectivity index (χ1v) is 10.6. The van der Waals surface area contributed by atoms with Gasteiger partial charge in [-0.15, -0.1) is 0 Å². The Morgan fingerprint density at radius 2 is 1.71 bits per heavy atom. The summed E-state index contributed by atoms with van der Waals surface area (Å²) in [4.78, 5) is 25.3. The maximum absolute atomic E-state index is 12.8. The van der Waals surface area contributed by atoms with Crippen LogP contribution in [0.15, 0.2) is 72.8 Å². The van der Waals surface area contributed by atoms with E-state index in [1.54, 1.807) is 54.6 Å². The summed E-state index contributed by atoms with van der Waals surface area (Å²) >= 11 is 6.17. The number of hydrogen-bond donors (Lipinski definition) is 2. The van der Waals surface area contributed by atoms with Crippen molar-refractivity contribution >= 4 is 29.1 Å². The zero-order chi connectivity index (χ0) is 22.1. The number of anilines is 1. The van der Waals surface area contributed by atoms with Crippen LogP contribution in [-0.4, -0.2) is 18.4 Å². The van der Waals surface area contributed by atoms with Crippen LogP contribution in [0.1, 0.15) is 46.0 Å². The van der Waals surface area contributed by atoms with Crippen LogP contribution in [0.5, 0.6) is 5.75 Å². The van der Waals surface area contributed by atoms with Gasteiger partial charge in [-0.3, -0.25) is 9.59 Å². The van der Waals surface area contributed by atoms with Gasteiger partial charge in [-0.2, -0.15) is 0 Å². The van der Waals surface area contributed by atoms with Gasteiger partial charge in [-0.25, -0.2) is 0 Å². The number of hydrogen-bond acceptors (Lipinski definition) is 3. The highest BCUT2D eigenvalue weighted by molar-refractivity contribution is 6.31. The van der Waals surface area contributed by atoms with Crippen molar-refractivity contribution in [3.63, 3.8) is 0 Å². The molecule has 31 heavy (non-hydrogen) atoms. The lowest BCUT2D eigenvalue weighted by molar-refractivity contribution is 0.0954. The minimum atomic E-state index is -0.322. The fraction of sp³-hybridized carbons (Fsp3) is 0.200. The molecule has 0 heterocycles. The summed E-state index contributed by atoms with van der Waals surface area (Å²) in [5.74, 6) is 0.0244. The van der Waals surface area contributed by atoms with E-state index in [4.69, 9.17) is 16.3 Å². The number of ether oxygens (including phenoxy) is 1. The molecule has 0 aromatic heterocycles. The van der Waals surface area contributed by atoms with Gasteiger partial charge in [0.1, 0.15) is 12.4 Å². The van der Waals surface area contributed by atoms with Crippen molar-refractivity contribution in [1.29, 1.82) is 0 Å². The summed E-state index contributed by atoms with van der Waals surface area (Å²) in [5, 5.41) is 6.34. The third kappa shape index (κ3) is 6.33. The second-order valence-corrected chi connectivity index (χ2v) is 7.42. The van der Waals surface area contributed by atoms with Crippen molar-refractivity contribution < 1.29 is 14.3 Å². The van der Waals surface area contributed by atoms with Crippen molar-refractivity contribution in [2.75, 3.05) is 11.9 Å². The number of nitrogens with one attached hydrogen (secondary N) is 2. The van der Waals surface area contributed by atoms with Crippen molar-refractivity contribution in [1.82, 2.24) is 5.32 Å². The predicted molar refractivity (Wildman–Crippen MR) is 124 cm³/mol. The molecule has 0 aliphatic rings. The van der Waals surface area contributed by atoms with Crippen molar-refractivity contribution in [3.8, 4) is 5.75 Å². The molecule has 0 unspecified atom stereocenters. The first kappa shape index (κ1) is 22.4. The normalized spacial score (nSPS) is 10.4. The number of carbonyl (C=O) groups is 2. The molecule has 160 valence electrons. The fourth-order valence-corrected chi connectivity index (χ4v) is 3.15. The van der Waals surface area contributed by atoms with Crippen LogP contribution in [-0.2, 0) is 6.61 Å². The van der Waals surface area contributed by atoms with Crippen molar-refractivity contribution in [2.24, 2.45) is 0 Å². The van der Waals surface area contributed by atoms with E-state index in [0.29, 0.717) is 40.7 Å². The molecule has 0 aliphatic heterocycles. The molecule has 0 saturated carbocycles. The lowest BCUT2D eigenvalue weighted by Crippen LogP contribution is -2.26. The number of unbranched alkanes of at least 4 members (excludes halogenated alkanes) is 1. The zero-order valence-electron chi connectivity index (χ0n) is 17.4. The minimum absolute atomic E-state index is 0.207. The largest absolute Gasteiger partial charge is 0.489 e. The van der Waals surface area contributed by atoms with Crippen LogP contribution in [0.4, 0.5) is 5.69 Å². The highest BCUT2D eigenvalue weighted by atomic mass is 35.5. The SMILES string of the molecule is CCCCNC(=O)c1ccccc1NC(=O)c1cccc(OCc2ccccc2Cl)c1. The maximum Gasteiger partial charge on any atom is 0.255 e. The van der Waals surface area contributed by atoms with Gasteiger partial charge in [0.15, 0.2) is 0 Å². The lowest BCUT2D eigenvalue weighted by Gasteiger charge is -2.12. The highest BCUT2D eigenvalue weighted by Crippen LogP contribution is 2.21. The second kappa shape index (κ2) is 11.2. The molecule has 0 aliphatic carbocycles. The predicted octanol–water partition coefficient (Wildman–Crippen LogP) is 5.70. The molecule has 3 aromatic rings. The van der Waals surface area contributed by atoms with E-state index in [1.165, 1.54) is 0 Å². The van der Waals surface area contributed by atoms with Crippen LogP contribution < -0.4 is 15.4 Å².